The minimum atomic E-state index is -0.609. The second-order valence-corrected chi connectivity index (χ2v) is 20.5. The van der Waals surface area contributed by atoms with E-state index in [1.54, 1.807) is 35.3 Å². The van der Waals surface area contributed by atoms with Gasteiger partial charge in [-0.1, -0.05) is 26.0 Å². The lowest BCUT2D eigenvalue weighted by Crippen LogP contribution is -2.53. The van der Waals surface area contributed by atoms with Gasteiger partial charge in [0.25, 0.3) is 17.4 Å². The zero-order chi connectivity index (χ0) is 47.7. The molecule has 0 spiro atoms. The molecule has 17 heteroatoms. The van der Waals surface area contributed by atoms with Crippen molar-refractivity contribution in [1.29, 1.82) is 0 Å². The highest BCUT2D eigenvalue weighted by molar-refractivity contribution is 6.07. The fourth-order valence-corrected chi connectivity index (χ4v) is 11.7. The Kier molecular flexibility index (Phi) is 11.5. The second kappa shape index (κ2) is 17.7. The lowest BCUT2D eigenvalue weighted by molar-refractivity contribution is -0.136. The first-order valence-electron chi connectivity index (χ1n) is 24.3. The van der Waals surface area contributed by atoms with Gasteiger partial charge in [-0.3, -0.25) is 44.0 Å². The van der Waals surface area contributed by atoms with Crippen molar-refractivity contribution >= 4 is 46.6 Å². The minimum absolute atomic E-state index is 0.126. The molecule has 17 nitrogen and oxygen atoms in total. The summed E-state index contributed by atoms with van der Waals surface area (Å²) in [4.78, 5) is 84.9. The van der Waals surface area contributed by atoms with Crippen molar-refractivity contribution in [2.24, 2.45) is 12.5 Å². The van der Waals surface area contributed by atoms with Crippen molar-refractivity contribution in [3.8, 4) is 11.1 Å². The SMILES string of the molecule is Cn1cc(-c2ccnc(N3CCn4c(cc5c4CC(C)(C)C5)C3=O)c2CO)cc(Nc2ccc(N3CCC(N4CCN(Cc5ccc6c(c5)CN(C5CCC(=O)NC5=O)C6=O)CC4)CC3)cn2)c1=O. The van der Waals surface area contributed by atoms with Crippen LogP contribution in [0.5, 0.6) is 0 Å². The zero-order valence-corrected chi connectivity index (χ0v) is 39.5. The van der Waals surface area contributed by atoms with Gasteiger partial charge in [0.05, 0.1) is 18.5 Å². The van der Waals surface area contributed by atoms with Crippen molar-refractivity contribution in [2.75, 3.05) is 60.9 Å². The fraction of sp³-hybridized carbons (Fsp3) is 0.442. The molecule has 1 atom stereocenters. The first-order chi connectivity index (χ1) is 33.3. The zero-order valence-electron chi connectivity index (χ0n) is 39.5. The molecule has 358 valence electrons. The number of nitrogens with one attached hydrogen (secondary N) is 2. The highest BCUT2D eigenvalue weighted by atomic mass is 16.3. The van der Waals surface area contributed by atoms with Crippen molar-refractivity contribution in [1.82, 2.24) is 39.1 Å². The summed E-state index contributed by atoms with van der Waals surface area (Å²) in [6.07, 6.45) is 9.85. The number of anilines is 4. The third-order valence-electron chi connectivity index (χ3n) is 15.3. The molecule has 9 heterocycles. The normalized spacial score (nSPS) is 20.9. The largest absolute Gasteiger partial charge is 0.392 e. The number of nitrogens with zero attached hydrogens (tertiary/aromatic N) is 9. The molecule has 3 saturated heterocycles. The smallest absolute Gasteiger partial charge is 0.276 e. The third kappa shape index (κ3) is 8.39. The van der Waals surface area contributed by atoms with Crippen molar-refractivity contribution in [3.05, 3.63) is 117 Å². The van der Waals surface area contributed by atoms with Crippen LogP contribution in [0.2, 0.25) is 0 Å². The predicted molar refractivity (Wildman–Crippen MR) is 260 cm³/mol. The Bertz CT molecular complexity index is 2940. The molecule has 0 radical (unpaired) electrons. The molecule has 11 rings (SSSR count). The van der Waals surface area contributed by atoms with Crippen molar-refractivity contribution in [3.63, 3.8) is 0 Å². The van der Waals surface area contributed by atoms with Crippen LogP contribution in [0.4, 0.5) is 23.0 Å². The summed E-state index contributed by atoms with van der Waals surface area (Å²) in [5.41, 5.74) is 9.13. The summed E-state index contributed by atoms with van der Waals surface area (Å²) < 4.78 is 3.68. The van der Waals surface area contributed by atoms with E-state index in [9.17, 15) is 29.1 Å². The van der Waals surface area contributed by atoms with Gasteiger partial charge in [0.2, 0.25) is 11.8 Å². The minimum Gasteiger partial charge on any atom is -0.392 e. The average Bonchev–Trinajstić information content (AvgIpc) is 3.97. The number of hydrogen-bond acceptors (Lipinski definition) is 12. The van der Waals surface area contributed by atoms with Crippen LogP contribution in [0.15, 0.2) is 71.9 Å². The van der Waals surface area contributed by atoms with Gasteiger partial charge < -0.3 is 29.4 Å². The van der Waals surface area contributed by atoms with Crippen molar-refractivity contribution in [2.45, 2.75) is 90.7 Å². The molecule has 4 aromatic heterocycles. The number of piperazine rings is 1. The van der Waals surface area contributed by atoms with Gasteiger partial charge in [-0.25, -0.2) is 9.97 Å². The molecule has 4 amide bonds. The van der Waals surface area contributed by atoms with Crippen LogP contribution in [0, 0.1) is 5.41 Å². The Hall–Kier alpha value is -6.69. The van der Waals surface area contributed by atoms with Gasteiger partial charge in [0.15, 0.2) is 0 Å². The molecule has 1 unspecified atom stereocenters. The number of aliphatic hydroxyl groups excluding tert-OH is 1. The van der Waals surface area contributed by atoms with E-state index < -0.39 is 6.04 Å². The summed E-state index contributed by atoms with van der Waals surface area (Å²) in [5, 5.41) is 16.4. The number of rotatable bonds is 10. The first-order valence-corrected chi connectivity index (χ1v) is 24.3. The van der Waals surface area contributed by atoms with Crippen LogP contribution in [0.3, 0.4) is 0 Å². The van der Waals surface area contributed by atoms with E-state index >= 15 is 0 Å². The summed E-state index contributed by atoms with van der Waals surface area (Å²) in [6.45, 7) is 12.2. The van der Waals surface area contributed by atoms with E-state index in [1.807, 2.05) is 42.6 Å². The number of aromatic nitrogens is 4. The molecule has 0 bridgehead atoms. The summed E-state index contributed by atoms with van der Waals surface area (Å²) >= 11 is 0. The molecule has 5 aliphatic heterocycles. The lowest BCUT2D eigenvalue weighted by atomic mass is 9.90. The molecule has 0 saturated carbocycles. The number of aliphatic hydroxyl groups is 1. The van der Waals surface area contributed by atoms with Gasteiger partial charge in [0.1, 0.15) is 29.1 Å². The Morgan fingerprint density at radius 3 is 2.39 bits per heavy atom. The van der Waals surface area contributed by atoms with E-state index in [0.717, 1.165) is 88.3 Å². The summed E-state index contributed by atoms with van der Waals surface area (Å²) in [6, 6.07) is 15.5. The van der Waals surface area contributed by atoms with Gasteiger partial charge in [-0.15, -0.1) is 0 Å². The number of imide groups is 1. The topological polar surface area (TPSA) is 181 Å². The molecule has 6 aliphatic rings. The number of amides is 4. The number of carbonyl (C=O) groups is 4. The molecular weight excluding hydrogens is 875 g/mol. The van der Waals surface area contributed by atoms with Crippen LogP contribution in [0.1, 0.15) is 88.3 Å². The molecule has 1 aromatic carbocycles. The van der Waals surface area contributed by atoms with E-state index in [0.29, 0.717) is 77.4 Å². The maximum atomic E-state index is 14.0. The van der Waals surface area contributed by atoms with E-state index in [-0.39, 0.29) is 47.6 Å². The van der Waals surface area contributed by atoms with Crippen LogP contribution < -0.4 is 26.0 Å². The standard InChI is InChI=1S/C52H59N11O6/c1-52(2)25-33-24-43-51(69)62(21-20-61(43)44(33)26-52)47-40(31-64)38(10-13-53-47)35-23-41(50(68)57(3)29-35)55-45-8-5-37(27-54-45)59-14-11-36(12-15-59)60-18-16-58(17-19-60)28-32-4-6-39-34(22-32)30-63(49(39)67)42-7-9-46(65)56-48(42)66/h4-6,8,10,13,22-24,27,29,36,42,64H,7,9,11-12,14-21,25-26,28,30-31H2,1-3H3,(H,54,55)(H,56,65,66). The van der Waals surface area contributed by atoms with Crippen LogP contribution in [0.25, 0.3) is 11.1 Å². The second-order valence-electron chi connectivity index (χ2n) is 20.5. The number of aryl methyl sites for hydroxylation is 1. The molecule has 3 fully saturated rings. The number of benzene rings is 1. The Balaban J connectivity index is 0.688. The van der Waals surface area contributed by atoms with Crippen LogP contribution in [-0.2, 0) is 55.7 Å². The van der Waals surface area contributed by atoms with Gasteiger partial charge in [-0.2, -0.15) is 0 Å². The lowest BCUT2D eigenvalue weighted by Gasteiger charge is -2.43. The van der Waals surface area contributed by atoms with Gasteiger partial charge in [-0.05, 0) is 96.2 Å². The number of carbonyl (C=O) groups excluding carboxylic acids is 4. The molecular formula is C52H59N11O6. The van der Waals surface area contributed by atoms with Gasteiger partial charge in [0, 0.05) is 120 Å². The van der Waals surface area contributed by atoms with E-state index in [4.69, 9.17) is 4.98 Å². The third-order valence-corrected chi connectivity index (χ3v) is 15.3. The highest BCUT2D eigenvalue weighted by Gasteiger charge is 2.40. The molecule has 1 aliphatic carbocycles. The molecule has 69 heavy (non-hydrogen) atoms. The molecule has 5 aromatic rings. The van der Waals surface area contributed by atoms with Gasteiger partial charge >= 0.3 is 0 Å². The maximum Gasteiger partial charge on any atom is 0.276 e. The van der Waals surface area contributed by atoms with Crippen molar-refractivity contribution < 1.29 is 24.3 Å². The summed E-state index contributed by atoms with van der Waals surface area (Å²) in [5.74, 6) is 0.0202. The Morgan fingerprint density at radius 2 is 1.64 bits per heavy atom. The number of pyridine rings is 3. The Morgan fingerprint density at radius 1 is 0.826 bits per heavy atom. The monoisotopic (exact) mass is 933 g/mol. The highest BCUT2D eigenvalue weighted by Crippen LogP contribution is 2.40. The Labute approximate surface area is 400 Å². The number of fused-ring (bicyclic) bond motifs is 4. The number of piperidine rings is 2. The average molecular weight is 934 g/mol. The van der Waals surface area contributed by atoms with E-state index in [1.165, 1.54) is 15.8 Å². The fourth-order valence-electron chi connectivity index (χ4n) is 11.7. The quantitative estimate of drug-likeness (QED) is 0.170. The first kappa shape index (κ1) is 44.8. The maximum absolute atomic E-state index is 14.0. The number of hydrogen-bond donors (Lipinski definition) is 3. The van der Waals surface area contributed by atoms with Crippen LogP contribution >= 0.6 is 0 Å². The van der Waals surface area contributed by atoms with Crippen LogP contribution in [-0.4, -0.2) is 120 Å². The predicted octanol–water partition coefficient (Wildman–Crippen LogP) is 4.21. The van der Waals surface area contributed by atoms with E-state index in [2.05, 4.69) is 54.8 Å². The summed E-state index contributed by atoms with van der Waals surface area (Å²) in [7, 11) is 1.70. The molecule has 3 N–H and O–H groups in total.